The summed E-state index contributed by atoms with van der Waals surface area (Å²) in [7, 11) is 1.54. The highest BCUT2D eigenvalue weighted by molar-refractivity contribution is 5.99. The molecule has 3 aromatic rings. The Morgan fingerprint density at radius 2 is 1.81 bits per heavy atom. The number of hydrogen-bond acceptors (Lipinski definition) is 3. The number of alkyl halides is 3. The molecule has 3 rings (SSSR count). The number of rotatable bonds is 6. The van der Waals surface area contributed by atoms with Crippen molar-refractivity contribution in [2.24, 2.45) is 0 Å². The van der Waals surface area contributed by atoms with Gasteiger partial charge in [0.15, 0.2) is 5.76 Å². The van der Waals surface area contributed by atoms with Crippen LogP contribution in [0.1, 0.15) is 27.2 Å². The topological polar surface area (TPSA) is 51.5 Å². The van der Waals surface area contributed by atoms with Crippen LogP contribution in [0.15, 0.2) is 52.9 Å². The Hall–Kier alpha value is -2.80. The molecule has 0 bridgehead atoms. The van der Waals surface area contributed by atoms with Gasteiger partial charge < -0.3 is 14.5 Å². The zero-order valence-corrected chi connectivity index (χ0v) is 14.6. The third kappa shape index (κ3) is 4.31. The van der Waals surface area contributed by atoms with E-state index in [-0.39, 0.29) is 24.8 Å². The lowest BCUT2D eigenvalue weighted by Crippen LogP contribution is -2.26. The molecule has 27 heavy (non-hydrogen) atoms. The normalized spacial score (nSPS) is 11.7. The molecule has 7 heteroatoms. The first-order chi connectivity index (χ1) is 12.9. The molecule has 4 nitrogen and oxygen atoms in total. The van der Waals surface area contributed by atoms with Crippen LogP contribution in [0.3, 0.4) is 0 Å². The van der Waals surface area contributed by atoms with Gasteiger partial charge in [-0.3, -0.25) is 4.79 Å². The molecular formula is C20H18F3NO3. The van der Waals surface area contributed by atoms with Crippen molar-refractivity contribution in [1.82, 2.24) is 5.32 Å². The van der Waals surface area contributed by atoms with E-state index >= 15 is 0 Å². The average molecular weight is 377 g/mol. The van der Waals surface area contributed by atoms with Crippen LogP contribution in [0.5, 0.6) is 0 Å². The molecule has 0 fully saturated rings. The third-order valence-corrected chi connectivity index (χ3v) is 4.17. The molecule has 0 spiro atoms. The van der Waals surface area contributed by atoms with Gasteiger partial charge in [0, 0.05) is 24.6 Å². The Morgan fingerprint density at radius 3 is 2.48 bits per heavy atom. The van der Waals surface area contributed by atoms with Crippen molar-refractivity contribution in [2.75, 3.05) is 13.7 Å². The van der Waals surface area contributed by atoms with Gasteiger partial charge in [-0.05, 0) is 30.2 Å². The first-order valence-electron chi connectivity index (χ1n) is 8.34. The number of fused-ring (bicyclic) bond motifs is 1. The van der Waals surface area contributed by atoms with E-state index in [9.17, 15) is 18.0 Å². The lowest BCUT2D eigenvalue weighted by atomic mass is 10.1. The molecule has 1 amide bonds. The molecule has 0 aliphatic carbocycles. The summed E-state index contributed by atoms with van der Waals surface area (Å²) in [6.07, 6.45) is -3.95. The van der Waals surface area contributed by atoms with Gasteiger partial charge in [-0.25, -0.2) is 0 Å². The number of methoxy groups -OCH3 is 1. The average Bonchev–Trinajstić information content (AvgIpc) is 3.01. The molecule has 1 heterocycles. The van der Waals surface area contributed by atoms with Crippen molar-refractivity contribution in [3.05, 3.63) is 71.0 Å². The molecule has 0 saturated carbocycles. The zero-order valence-electron chi connectivity index (χ0n) is 14.6. The highest BCUT2D eigenvalue weighted by Crippen LogP contribution is 2.29. The molecular weight excluding hydrogens is 359 g/mol. The van der Waals surface area contributed by atoms with Crippen molar-refractivity contribution in [3.63, 3.8) is 0 Å². The summed E-state index contributed by atoms with van der Waals surface area (Å²) >= 11 is 0. The lowest BCUT2D eigenvalue weighted by Gasteiger charge is -2.08. The summed E-state index contributed by atoms with van der Waals surface area (Å²) in [6, 6.07) is 12.2. The van der Waals surface area contributed by atoms with Gasteiger partial charge in [0.2, 0.25) is 0 Å². The van der Waals surface area contributed by atoms with Crippen molar-refractivity contribution >= 4 is 16.9 Å². The molecule has 0 radical (unpaired) electrons. The van der Waals surface area contributed by atoms with E-state index in [1.54, 1.807) is 6.07 Å². The summed E-state index contributed by atoms with van der Waals surface area (Å²) in [5.41, 5.74) is 1.27. The van der Waals surface area contributed by atoms with Gasteiger partial charge in [-0.1, -0.05) is 30.3 Å². The van der Waals surface area contributed by atoms with E-state index in [1.807, 2.05) is 18.2 Å². The van der Waals surface area contributed by atoms with Gasteiger partial charge in [-0.2, -0.15) is 13.2 Å². The van der Waals surface area contributed by atoms with Crippen molar-refractivity contribution < 1.29 is 27.1 Å². The number of benzene rings is 2. The molecule has 1 aromatic heterocycles. The monoisotopic (exact) mass is 377 g/mol. The maximum Gasteiger partial charge on any atom is 0.416 e. The number of carbonyl (C=O) groups is 1. The minimum absolute atomic E-state index is 0.186. The zero-order chi connectivity index (χ0) is 19.4. The number of amides is 1. The third-order valence-electron chi connectivity index (χ3n) is 4.17. The van der Waals surface area contributed by atoms with Crippen LogP contribution in [0.4, 0.5) is 13.2 Å². The Kier molecular flexibility index (Phi) is 5.51. The molecule has 0 aliphatic rings. The number of nitrogens with one attached hydrogen (secondary N) is 1. The van der Waals surface area contributed by atoms with Crippen LogP contribution >= 0.6 is 0 Å². The highest BCUT2D eigenvalue weighted by Gasteiger charge is 2.29. The summed E-state index contributed by atoms with van der Waals surface area (Å²) < 4.78 is 48.5. The fourth-order valence-electron chi connectivity index (χ4n) is 2.83. The van der Waals surface area contributed by atoms with Crippen LogP contribution in [0.2, 0.25) is 0 Å². The van der Waals surface area contributed by atoms with Crippen molar-refractivity contribution in [3.8, 4) is 0 Å². The Labute approximate surface area is 153 Å². The fourth-order valence-corrected chi connectivity index (χ4v) is 2.83. The molecule has 0 atom stereocenters. The second-order valence-electron chi connectivity index (χ2n) is 6.04. The molecule has 142 valence electrons. The molecule has 0 aliphatic heterocycles. The van der Waals surface area contributed by atoms with Crippen molar-refractivity contribution in [2.45, 2.75) is 19.2 Å². The Morgan fingerprint density at radius 1 is 1.11 bits per heavy atom. The van der Waals surface area contributed by atoms with Gasteiger partial charge in [0.25, 0.3) is 5.91 Å². The molecule has 0 saturated heterocycles. The maximum absolute atomic E-state index is 12.6. The Bertz CT molecular complexity index is 930. The highest BCUT2D eigenvalue weighted by atomic mass is 19.4. The van der Waals surface area contributed by atoms with Crippen LogP contribution in [0.25, 0.3) is 11.0 Å². The second kappa shape index (κ2) is 7.84. The van der Waals surface area contributed by atoms with Crippen molar-refractivity contribution in [1.29, 1.82) is 0 Å². The van der Waals surface area contributed by atoms with E-state index in [0.717, 1.165) is 17.5 Å². The number of para-hydroxylation sites is 1. The second-order valence-corrected chi connectivity index (χ2v) is 6.04. The van der Waals surface area contributed by atoms with E-state index in [4.69, 9.17) is 9.15 Å². The lowest BCUT2D eigenvalue weighted by molar-refractivity contribution is -0.137. The van der Waals surface area contributed by atoms with Gasteiger partial charge >= 0.3 is 6.18 Å². The minimum atomic E-state index is -4.36. The fraction of sp³-hybridized carbons (Fsp3) is 0.250. The van der Waals surface area contributed by atoms with Crippen LogP contribution < -0.4 is 5.32 Å². The Balaban J connectivity index is 1.66. The standard InChI is InChI=1S/C20H18F3NO3/c1-26-12-16-15-4-2-3-5-17(15)27-18(16)19(25)24-11-10-13-6-8-14(9-7-13)20(21,22)23/h2-9H,10-12H2,1H3,(H,24,25). The quantitative estimate of drug-likeness (QED) is 0.685. The number of halogens is 3. The number of hydrogen-bond donors (Lipinski definition) is 1. The first-order valence-corrected chi connectivity index (χ1v) is 8.34. The molecule has 2 aromatic carbocycles. The largest absolute Gasteiger partial charge is 0.451 e. The summed E-state index contributed by atoms with van der Waals surface area (Å²) in [5.74, 6) is -0.198. The summed E-state index contributed by atoms with van der Waals surface area (Å²) in [5, 5.41) is 3.55. The van der Waals surface area contributed by atoms with Crippen LogP contribution in [0, 0.1) is 0 Å². The summed E-state index contributed by atoms with van der Waals surface area (Å²) in [6.45, 7) is 0.506. The van der Waals surface area contributed by atoms with Gasteiger partial charge in [0.1, 0.15) is 5.58 Å². The van der Waals surface area contributed by atoms with Gasteiger partial charge in [-0.15, -0.1) is 0 Å². The molecule has 1 N–H and O–H groups in total. The maximum atomic E-state index is 12.6. The van der Waals surface area contributed by atoms with Gasteiger partial charge in [0.05, 0.1) is 12.2 Å². The predicted octanol–water partition coefficient (Wildman–Crippen LogP) is 4.57. The van der Waals surface area contributed by atoms with Crippen LogP contribution in [-0.2, 0) is 23.9 Å². The smallest absolute Gasteiger partial charge is 0.416 e. The van der Waals surface area contributed by atoms with E-state index in [1.165, 1.54) is 19.2 Å². The number of furan rings is 1. The number of ether oxygens (including phenoxy) is 1. The minimum Gasteiger partial charge on any atom is -0.451 e. The first kappa shape index (κ1) is 19.0. The van der Waals surface area contributed by atoms with E-state index < -0.39 is 11.7 Å². The summed E-state index contributed by atoms with van der Waals surface area (Å²) in [4.78, 5) is 12.5. The van der Waals surface area contributed by atoms with E-state index in [0.29, 0.717) is 23.1 Å². The van der Waals surface area contributed by atoms with Crippen LogP contribution in [-0.4, -0.2) is 19.6 Å². The predicted molar refractivity (Wildman–Crippen MR) is 94.4 cm³/mol. The SMILES string of the molecule is COCc1c(C(=O)NCCc2ccc(C(F)(F)F)cc2)oc2ccccc12. The molecule has 0 unspecified atom stereocenters. The number of carbonyl (C=O) groups excluding carboxylic acids is 1. The van der Waals surface area contributed by atoms with E-state index in [2.05, 4.69) is 5.32 Å².